The highest BCUT2D eigenvalue weighted by atomic mass is 16.2. The number of carbonyl (C=O) groups is 1. The van der Waals surface area contributed by atoms with Crippen molar-refractivity contribution in [1.29, 1.82) is 0 Å². The highest BCUT2D eigenvalue weighted by Crippen LogP contribution is 2.24. The molecule has 1 fully saturated rings. The molecule has 144 valence electrons. The zero-order valence-electron chi connectivity index (χ0n) is 16.7. The minimum absolute atomic E-state index is 0.0124. The molecular formula is C23H26N4O. The van der Waals surface area contributed by atoms with Crippen LogP contribution in [0.5, 0.6) is 0 Å². The van der Waals surface area contributed by atoms with E-state index in [0.717, 1.165) is 24.3 Å². The van der Waals surface area contributed by atoms with Crippen molar-refractivity contribution in [3.05, 3.63) is 71.4 Å². The van der Waals surface area contributed by atoms with E-state index < -0.39 is 0 Å². The number of piperazine rings is 1. The summed E-state index contributed by atoms with van der Waals surface area (Å²) in [5.74, 6) is 0.0124. The third-order valence-electron chi connectivity index (χ3n) is 5.59. The second kappa shape index (κ2) is 7.50. The van der Waals surface area contributed by atoms with Crippen LogP contribution in [0.1, 0.15) is 21.6 Å². The average Bonchev–Trinajstić information content (AvgIpc) is 3.12. The molecule has 0 N–H and O–H groups in total. The smallest absolute Gasteiger partial charge is 0.274 e. The Bertz CT molecular complexity index is 985. The molecule has 1 aliphatic heterocycles. The van der Waals surface area contributed by atoms with Gasteiger partial charge in [-0.15, -0.1) is 0 Å². The van der Waals surface area contributed by atoms with Gasteiger partial charge in [-0.2, -0.15) is 5.10 Å². The van der Waals surface area contributed by atoms with Crippen molar-refractivity contribution in [3.63, 3.8) is 0 Å². The van der Waals surface area contributed by atoms with E-state index >= 15 is 0 Å². The Morgan fingerprint density at radius 2 is 1.61 bits per heavy atom. The molecule has 0 bridgehead atoms. The van der Waals surface area contributed by atoms with Crippen molar-refractivity contribution in [1.82, 2.24) is 14.7 Å². The second-order valence-electron chi connectivity index (χ2n) is 7.45. The maximum absolute atomic E-state index is 13.0. The molecular weight excluding hydrogens is 348 g/mol. The lowest BCUT2D eigenvalue weighted by molar-refractivity contribution is 0.0740. The fourth-order valence-electron chi connectivity index (χ4n) is 3.71. The van der Waals surface area contributed by atoms with Gasteiger partial charge in [0, 0.05) is 44.5 Å². The minimum atomic E-state index is 0.0124. The monoisotopic (exact) mass is 374 g/mol. The second-order valence-corrected chi connectivity index (χ2v) is 7.45. The normalized spacial score (nSPS) is 14.4. The van der Waals surface area contributed by atoms with Gasteiger partial charge in [0.2, 0.25) is 0 Å². The van der Waals surface area contributed by atoms with Gasteiger partial charge in [0.1, 0.15) is 0 Å². The Hall–Kier alpha value is -3.08. The third-order valence-corrected chi connectivity index (χ3v) is 5.59. The first-order chi connectivity index (χ1) is 13.5. The van der Waals surface area contributed by atoms with Gasteiger partial charge in [0.25, 0.3) is 5.91 Å². The number of amides is 1. The molecule has 5 heteroatoms. The summed E-state index contributed by atoms with van der Waals surface area (Å²) in [6, 6.07) is 18.6. The van der Waals surface area contributed by atoms with Crippen LogP contribution in [0, 0.1) is 13.8 Å². The maximum Gasteiger partial charge on any atom is 0.274 e. The summed E-state index contributed by atoms with van der Waals surface area (Å²) < 4.78 is 1.80. The Kier molecular flexibility index (Phi) is 4.90. The average molecular weight is 374 g/mol. The number of aryl methyl sites for hydroxylation is 3. The van der Waals surface area contributed by atoms with Gasteiger partial charge in [-0.05, 0) is 49.2 Å². The van der Waals surface area contributed by atoms with Crippen LogP contribution in [-0.4, -0.2) is 46.8 Å². The van der Waals surface area contributed by atoms with Crippen molar-refractivity contribution in [3.8, 4) is 11.3 Å². The van der Waals surface area contributed by atoms with Gasteiger partial charge in [-0.25, -0.2) is 0 Å². The maximum atomic E-state index is 13.0. The first kappa shape index (κ1) is 18.3. The standard InChI is InChI=1S/C23H26N4O/c1-17-9-10-19(15-18(17)2)22-16-21(24-25(22)3)23(28)27-13-11-26(12-14-27)20-7-5-4-6-8-20/h4-10,15-16H,11-14H2,1-3H3. The summed E-state index contributed by atoms with van der Waals surface area (Å²) in [5.41, 5.74) is 6.29. The number of carbonyl (C=O) groups excluding carboxylic acids is 1. The summed E-state index contributed by atoms with van der Waals surface area (Å²) in [4.78, 5) is 17.2. The van der Waals surface area contributed by atoms with Crippen LogP contribution in [0.4, 0.5) is 5.69 Å². The SMILES string of the molecule is Cc1ccc(-c2cc(C(=O)N3CCN(c4ccccc4)CC3)nn2C)cc1C. The third kappa shape index (κ3) is 3.52. The molecule has 0 atom stereocenters. The molecule has 28 heavy (non-hydrogen) atoms. The number of aromatic nitrogens is 2. The summed E-state index contributed by atoms with van der Waals surface area (Å²) in [6.07, 6.45) is 0. The fourth-order valence-corrected chi connectivity index (χ4v) is 3.71. The molecule has 1 saturated heterocycles. The van der Waals surface area contributed by atoms with Gasteiger partial charge < -0.3 is 9.80 Å². The molecule has 4 rings (SSSR count). The highest BCUT2D eigenvalue weighted by Gasteiger charge is 2.24. The summed E-state index contributed by atoms with van der Waals surface area (Å²) >= 11 is 0. The van der Waals surface area contributed by atoms with Gasteiger partial charge in [-0.3, -0.25) is 9.48 Å². The number of nitrogens with zero attached hydrogens (tertiary/aromatic N) is 4. The summed E-state index contributed by atoms with van der Waals surface area (Å²) in [7, 11) is 1.90. The van der Waals surface area contributed by atoms with Crippen LogP contribution in [0.15, 0.2) is 54.6 Å². The van der Waals surface area contributed by atoms with Gasteiger partial charge >= 0.3 is 0 Å². The topological polar surface area (TPSA) is 41.4 Å². The number of anilines is 1. The van der Waals surface area contributed by atoms with E-state index in [9.17, 15) is 4.79 Å². The fraction of sp³-hybridized carbons (Fsp3) is 0.304. The van der Waals surface area contributed by atoms with Crippen molar-refractivity contribution < 1.29 is 4.79 Å². The Balaban J connectivity index is 1.48. The number of rotatable bonds is 3. The van der Waals surface area contributed by atoms with E-state index in [1.54, 1.807) is 4.68 Å². The van der Waals surface area contributed by atoms with Crippen molar-refractivity contribution >= 4 is 11.6 Å². The molecule has 0 aliphatic carbocycles. The van der Waals surface area contributed by atoms with E-state index in [2.05, 4.69) is 66.3 Å². The van der Waals surface area contributed by atoms with Crippen molar-refractivity contribution in [2.45, 2.75) is 13.8 Å². The molecule has 2 aromatic carbocycles. The molecule has 5 nitrogen and oxygen atoms in total. The first-order valence-electron chi connectivity index (χ1n) is 9.74. The predicted octanol–water partition coefficient (Wildman–Crippen LogP) is 3.67. The van der Waals surface area contributed by atoms with Crippen LogP contribution < -0.4 is 4.90 Å². The minimum Gasteiger partial charge on any atom is -0.368 e. The first-order valence-corrected chi connectivity index (χ1v) is 9.74. The Labute approximate surface area is 166 Å². The number of hydrogen-bond donors (Lipinski definition) is 0. The van der Waals surface area contributed by atoms with E-state index in [0.29, 0.717) is 18.8 Å². The largest absolute Gasteiger partial charge is 0.368 e. The predicted molar refractivity (Wildman–Crippen MR) is 113 cm³/mol. The molecule has 0 unspecified atom stereocenters. The molecule has 3 aromatic rings. The lowest BCUT2D eigenvalue weighted by Crippen LogP contribution is -2.48. The molecule has 1 aromatic heterocycles. The van der Waals surface area contributed by atoms with E-state index in [1.165, 1.54) is 16.8 Å². The van der Waals surface area contributed by atoms with Gasteiger partial charge in [0.15, 0.2) is 5.69 Å². The lowest BCUT2D eigenvalue weighted by atomic mass is 10.0. The van der Waals surface area contributed by atoms with Crippen LogP contribution >= 0.6 is 0 Å². The lowest BCUT2D eigenvalue weighted by Gasteiger charge is -2.35. The number of para-hydroxylation sites is 1. The molecule has 2 heterocycles. The Morgan fingerprint density at radius 3 is 2.29 bits per heavy atom. The molecule has 0 saturated carbocycles. The highest BCUT2D eigenvalue weighted by molar-refractivity contribution is 5.93. The zero-order chi connectivity index (χ0) is 19.7. The van der Waals surface area contributed by atoms with Crippen molar-refractivity contribution in [2.75, 3.05) is 31.1 Å². The molecule has 1 aliphatic rings. The number of hydrogen-bond acceptors (Lipinski definition) is 3. The molecule has 0 radical (unpaired) electrons. The zero-order valence-corrected chi connectivity index (χ0v) is 16.7. The van der Waals surface area contributed by atoms with Crippen LogP contribution in [-0.2, 0) is 7.05 Å². The quantitative estimate of drug-likeness (QED) is 0.702. The van der Waals surface area contributed by atoms with E-state index in [-0.39, 0.29) is 5.91 Å². The molecule has 0 spiro atoms. The van der Waals surface area contributed by atoms with E-state index in [4.69, 9.17) is 0 Å². The number of benzene rings is 2. The Morgan fingerprint density at radius 1 is 0.893 bits per heavy atom. The molecule has 1 amide bonds. The van der Waals surface area contributed by atoms with Crippen LogP contribution in [0.3, 0.4) is 0 Å². The van der Waals surface area contributed by atoms with Crippen molar-refractivity contribution in [2.24, 2.45) is 7.05 Å². The summed E-state index contributed by atoms with van der Waals surface area (Å²) in [6.45, 7) is 7.31. The van der Waals surface area contributed by atoms with Gasteiger partial charge in [-0.1, -0.05) is 30.3 Å². The van der Waals surface area contributed by atoms with E-state index in [1.807, 2.05) is 24.1 Å². The van der Waals surface area contributed by atoms with Crippen LogP contribution in [0.2, 0.25) is 0 Å². The van der Waals surface area contributed by atoms with Crippen LogP contribution in [0.25, 0.3) is 11.3 Å². The van der Waals surface area contributed by atoms with Gasteiger partial charge in [0.05, 0.1) is 5.69 Å². The summed E-state index contributed by atoms with van der Waals surface area (Å²) in [5, 5.41) is 4.50.